The third kappa shape index (κ3) is 3.74. The van der Waals surface area contributed by atoms with E-state index in [1.54, 1.807) is 12.1 Å². The summed E-state index contributed by atoms with van der Waals surface area (Å²) in [4.78, 5) is 2.53. The zero-order valence-corrected chi connectivity index (χ0v) is 13.4. The lowest BCUT2D eigenvalue weighted by molar-refractivity contribution is 0.202. The van der Waals surface area contributed by atoms with Crippen LogP contribution in [0.4, 0.5) is 4.39 Å². The number of benzene rings is 1. The van der Waals surface area contributed by atoms with Gasteiger partial charge in [0.05, 0.1) is 0 Å². The Morgan fingerprint density at radius 3 is 2.85 bits per heavy atom. The monoisotopic (exact) mass is 296 g/mol. The Morgan fingerprint density at radius 2 is 2.15 bits per heavy atom. The molecule has 4 heteroatoms. The first-order valence-corrected chi connectivity index (χ1v) is 8.45. The Labute approximate surface area is 126 Å². The van der Waals surface area contributed by atoms with E-state index < -0.39 is 0 Å². The highest BCUT2D eigenvalue weighted by Gasteiger charge is 2.25. The van der Waals surface area contributed by atoms with Crippen molar-refractivity contribution in [3.63, 3.8) is 0 Å². The van der Waals surface area contributed by atoms with Gasteiger partial charge in [0.25, 0.3) is 0 Å². The molecule has 2 rings (SSSR count). The molecule has 1 aromatic rings. The maximum absolute atomic E-state index is 13.9. The van der Waals surface area contributed by atoms with E-state index in [9.17, 15) is 4.39 Å². The van der Waals surface area contributed by atoms with Gasteiger partial charge >= 0.3 is 0 Å². The number of nitrogens with zero attached hydrogens (tertiary/aromatic N) is 1. The van der Waals surface area contributed by atoms with Crippen LogP contribution < -0.4 is 5.32 Å². The molecule has 0 radical (unpaired) electrons. The van der Waals surface area contributed by atoms with E-state index in [1.165, 1.54) is 5.75 Å². The van der Waals surface area contributed by atoms with Crippen molar-refractivity contribution in [3.8, 4) is 0 Å². The quantitative estimate of drug-likeness (QED) is 0.897. The van der Waals surface area contributed by atoms with Crippen LogP contribution in [-0.2, 0) is 0 Å². The van der Waals surface area contributed by atoms with Crippen LogP contribution in [0.1, 0.15) is 31.9 Å². The largest absolute Gasteiger partial charge is 0.313 e. The molecule has 20 heavy (non-hydrogen) atoms. The van der Waals surface area contributed by atoms with Crippen LogP contribution >= 0.6 is 11.8 Å². The minimum absolute atomic E-state index is 0.0910. The van der Waals surface area contributed by atoms with Crippen LogP contribution in [-0.4, -0.2) is 42.1 Å². The second-order valence-corrected chi connectivity index (χ2v) is 6.99. The Bertz CT molecular complexity index is 427. The van der Waals surface area contributed by atoms with Crippen LogP contribution in [0, 0.1) is 5.82 Å². The van der Waals surface area contributed by atoms with Gasteiger partial charge in [0.15, 0.2) is 0 Å². The van der Waals surface area contributed by atoms with Crippen molar-refractivity contribution in [2.75, 3.05) is 25.9 Å². The number of nitrogens with one attached hydrogen (secondary N) is 1. The van der Waals surface area contributed by atoms with Gasteiger partial charge in [-0.2, -0.15) is 11.8 Å². The van der Waals surface area contributed by atoms with E-state index in [2.05, 4.69) is 35.8 Å². The molecule has 3 atom stereocenters. The minimum Gasteiger partial charge on any atom is -0.313 e. The SMILES string of the molecule is CNC(CCN1CCSC(C)C1C)c1ccccc1F. The topological polar surface area (TPSA) is 15.3 Å². The van der Waals surface area contributed by atoms with E-state index >= 15 is 0 Å². The van der Waals surface area contributed by atoms with Gasteiger partial charge in [0, 0.05) is 41.7 Å². The third-order valence-corrected chi connectivity index (χ3v) is 5.69. The Hall–Kier alpha value is -0.580. The van der Waals surface area contributed by atoms with Crippen LogP contribution in [0.3, 0.4) is 0 Å². The molecule has 0 spiro atoms. The maximum atomic E-state index is 13.9. The molecule has 0 aromatic heterocycles. The lowest BCUT2D eigenvalue weighted by atomic mass is 10.0. The van der Waals surface area contributed by atoms with Crippen molar-refractivity contribution in [2.45, 2.75) is 37.6 Å². The van der Waals surface area contributed by atoms with Gasteiger partial charge in [-0.25, -0.2) is 4.39 Å². The zero-order chi connectivity index (χ0) is 14.5. The molecular formula is C16H25FN2S. The molecule has 1 N–H and O–H groups in total. The molecule has 1 saturated heterocycles. The molecule has 1 aliphatic heterocycles. The van der Waals surface area contributed by atoms with Crippen LogP contribution in [0.2, 0.25) is 0 Å². The van der Waals surface area contributed by atoms with Crippen LogP contribution in [0.15, 0.2) is 24.3 Å². The van der Waals surface area contributed by atoms with Crippen molar-refractivity contribution < 1.29 is 4.39 Å². The lowest BCUT2D eigenvalue weighted by Gasteiger charge is -2.38. The molecule has 0 bridgehead atoms. The van der Waals surface area contributed by atoms with E-state index in [0.29, 0.717) is 11.3 Å². The fourth-order valence-electron chi connectivity index (χ4n) is 2.82. The number of thioether (sulfide) groups is 1. The summed E-state index contributed by atoms with van der Waals surface area (Å²) >= 11 is 2.05. The summed E-state index contributed by atoms with van der Waals surface area (Å²) in [6, 6.07) is 7.78. The molecule has 1 heterocycles. The molecular weight excluding hydrogens is 271 g/mol. The van der Waals surface area contributed by atoms with Gasteiger partial charge in [0.1, 0.15) is 5.82 Å². The summed E-state index contributed by atoms with van der Waals surface area (Å²) in [5.74, 6) is 1.09. The summed E-state index contributed by atoms with van der Waals surface area (Å²) in [7, 11) is 1.91. The van der Waals surface area contributed by atoms with E-state index in [0.717, 1.165) is 25.1 Å². The Balaban J connectivity index is 1.96. The number of rotatable bonds is 5. The number of hydrogen-bond donors (Lipinski definition) is 1. The first-order chi connectivity index (χ1) is 9.63. The van der Waals surface area contributed by atoms with Gasteiger partial charge < -0.3 is 5.32 Å². The first-order valence-electron chi connectivity index (χ1n) is 7.40. The molecule has 0 amide bonds. The average molecular weight is 296 g/mol. The highest BCUT2D eigenvalue weighted by molar-refractivity contribution is 8.00. The molecule has 2 nitrogen and oxygen atoms in total. The van der Waals surface area contributed by atoms with Gasteiger partial charge in [-0.3, -0.25) is 4.90 Å². The van der Waals surface area contributed by atoms with Crippen LogP contribution in [0.5, 0.6) is 0 Å². The standard InChI is InChI=1S/C16H25FN2S/c1-12-13(2)20-11-10-19(12)9-8-16(18-3)14-6-4-5-7-15(14)17/h4-7,12-13,16,18H,8-11H2,1-3H3. The predicted octanol–water partition coefficient (Wildman–Crippen LogP) is 3.30. The van der Waals surface area contributed by atoms with Gasteiger partial charge in [0.2, 0.25) is 0 Å². The molecule has 112 valence electrons. The van der Waals surface area contributed by atoms with Crippen molar-refractivity contribution >= 4 is 11.8 Å². The average Bonchev–Trinajstić information content (AvgIpc) is 2.45. The van der Waals surface area contributed by atoms with Crippen molar-refractivity contribution in [3.05, 3.63) is 35.6 Å². The van der Waals surface area contributed by atoms with Crippen LogP contribution in [0.25, 0.3) is 0 Å². The van der Waals surface area contributed by atoms with Crippen molar-refractivity contribution in [1.29, 1.82) is 0 Å². The van der Waals surface area contributed by atoms with Crippen molar-refractivity contribution in [1.82, 2.24) is 10.2 Å². The van der Waals surface area contributed by atoms with E-state index in [-0.39, 0.29) is 11.9 Å². The second-order valence-electron chi connectivity index (χ2n) is 5.50. The highest BCUT2D eigenvalue weighted by Crippen LogP contribution is 2.26. The summed E-state index contributed by atoms with van der Waals surface area (Å²) < 4.78 is 13.9. The third-order valence-electron chi connectivity index (χ3n) is 4.35. The summed E-state index contributed by atoms with van der Waals surface area (Å²) in [6.45, 7) is 6.76. The molecule has 0 aliphatic carbocycles. The van der Waals surface area contributed by atoms with E-state index in [4.69, 9.17) is 0 Å². The molecule has 0 saturated carbocycles. The summed E-state index contributed by atoms with van der Waals surface area (Å²) in [5.41, 5.74) is 0.780. The summed E-state index contributed by atoms with van der Waals surface area (Å²) in [5, 5.41) is 3.94. The molecule has 1 aromatic carbocycles. The van der Waals surface area contributed by atoms with Crippen molar-refractivity contribution in [2.24, 2.45) is 0 Å². The zero-order valence-electron chi connectivity index (χ0n) is 12.6. The molecule has 1 aliphatic rings. The predicted molar refractivity (Wildman–Crippen MR) is 85.8 cm³/mol. The number of hydrogen-bond acceptors (Lipinski definition) is 3. The minimum atomic E-state index is -0.109. The molecule has 1 fully saturated rings. The first kappa shape index (κ1) is 15.8. The fourth-order valence-corrected chi connectivity index (χ4v) is 3.98. The Morgan fingerprint density at radius 1 is 1.40 bits per heavy atom. The smallest absolute Gasteiger partial charge is 0.127 e. The highest BCUT2D eigenvalue weighted by atomic mass is 32.2. The normalized spacial score (nSPS) is 25.6. The molecule has 3 unspecified atom stereocenters. The lowest BCUT2D eigenvalue weighted by Crippen LogP contribution is -2.45. The van der Waals surface area contributed by atoms with Gasteiger partial charge in [-0.1, -0.05) is 25.1 Å². The van der Waals surface area contributed by atoms with Gasteiger partial charge in [-0.05, 0) is 26.5 Å². The van der Waals surface area contributed by atoms with E-state index in [1.807, 2.05) is 19.2 Å². The number of halogens is 1. The second kappa shape index (κ2) is 7.43. The summed E-state index contributed by atoms with van der Waals surface area (Å²) in [6.07, 6.45) is 0.944. The van der Waals surface area contributed by atoms with Gasteiger partial charge in [-0.15, -0.1) is 0 Å². The Kier molecular flexibility index (Phi) is 5.87. The fraction of sp³-hybridized carbons (Fsp3) is 0.625. The maximum Gasteiger partial charge on any atom is 0.127 e.